The number of likely N-dealkylation sites (tertiary alicyclic amines) is 1. The molecule has 9 heteroatoms. The number of aryl methyl sites for hydroxylation is 2. The quantitative estimate of drug-likeness (QED) is 0.484. The van der Waals surface area contributed by atoms with Gasteiger partial charge in [-0.15, -0.1) is 0 Å². The van der Waals surface area contributed by atoms with E-state index in [1.165, 1.54) is 0 Å². The number of fused-ring (bicyclic) bond motifs is 3. The standard InChI is InChI=1S/C26H28N8O/c1-5-33-23(18-12-27-16(4)28-13-18)32-22-21(29-14-30-24(22)33)17-7-8-20-19(11-17)26(25(35)31-20)9-6-10-34(26)15(2)3/h7-8,11-15H,5-6,9-10H2,1-4H3,(H,31,35). The lowest BCUT2D eigenvalue weighted by atomic mass is 9.86. The van der Waals surface area contributed by atoms with Crippen molar-refractivity contribution < 1.29 is 4.79 Å². The number of hydrogen-bond donors (Lipinski definition) is 1. The maximum Gasteiger partial charge on any atom is 0.249 e. The van der Waals surface area contributed by atoms with Crippen molar-refractivity contribution in [3.8, 4) is 22.6 Å². The van der Waals surface area contributed by atoms with E-state index >= 15 is 0 Å². The highest BCUT2D eigenvalue weighted by Gasteiger charge is 2.54. The van der Waals surface area contributed by atoms with E-state index in [0.29, 0.717) is 12.4 Å². The minimum atomic E-state index is -0.626. The minimum Gasteiger partial charge on any atom is -0.324 e. The van der Waals surface area contributed by atoms with Crippen molar-refractivity contribution in [3.05, 3.63) is 48.3 Å². The Balaban J connectivity index is 1.53. The van der Waals surface area contributed by atoms with Gasteiger partial charge in [-0.2, -0.15) is 0 Å². The minimum absolute atomic E-state index is 0.0700. The first-order valence-electron chi connectivity index (χ1n) is 12.2. The van der Waals surface area contributed by atoms with Gasteiger partial charge in [-0.05, 0) is 59.2 Å². The number of anilines is 1. The zero-order chi connectivity index (χ0) is 24.3. The van der Waals surface area contributed by atoms with Crippen molar-refractivity contribution in [3.63, 3.8) is 0 Å². The monoisotopic (exact) mass is 468 g/mol. The summed E-state index contributed by atoms with van der Waals surface area (Å²) in [4.78, 5) is 38.5. The molecular formula is C26H28N8O. The summed E-state index contributed by atoms with van der Waals surface area (Å²) in [5, 5.41) is 3.13. The van der Waals surface area contributed by atoms with Gasteiger partial charge in [0.05, 0.1) is 5.56 Å². The van der Waals surface area contributed by atoms with Crippen molar-refractivity contribution in [2.45, 2.75) is 58.7 Å². The Hall–Kier alpha value is -3.72. The van der Waals surface area contributed by atoms with Crippen LogP contribution in [0, 0.1) is 6.92 Å². The van der Waals surface area contributed by atoms with E-state index in [1.54, 1.807) is 18.7 Å². The molecule has 1 unspecified atom stereocenters. The fourth-order valence-corrected chi connectivity index (χ4v) is 5.74. The van der Waals surface area contributed by atoms with Crippen molar-refractivity contribution in [1.29, 1.82) is 0 Å². The fourth-order valence-electron chi connectivity index (χ4n) is 5.74. The second-order valence-corrected chi connectivity index (χ2v) is 9.56. The molecule has 1 amide bonds. The average Bonchev–Trinajstić information content (AvgIpc) is 3.54. The molecule has 1 N–H and O–H groups in total. The Morgan fingerprint density at radius 2 is 1.91 bits per heavy atom. The Labute approximate surface area is 203 Å². The summed E-state index contributed by atoms with van der Waals surface area (Å²) in [6.45, 7) is 9.86. The first-order valence-corrected chi connectivity index (χ1v) is 12.2. The molecule has 4 aromatic rings. The van der Waals surface area contributed by atoms with Gasteiger partial charge in [-0.1, -0.05) is 6.07 Å². The molecule has 0 saturated carbocycles. The third kappa shape index (κ3) is 3.11. The highest BCUT2D eigenvalue weighted by atomic mass is 16.2. The molecule has 178 valence electrons. The number of aromatic nitrogens is 6. The van der Waals surface area contributed by atoms with Gasteiger partial charge in [-0.3, -0.25) is 9.69 Å². The molecule has 35 heavy (non-hydrogen) atoms. The first kappa shape index (κ1) is 21.8. The molecule has 5 heterocycles. The summed E-state index contributed by atoms with van der Waals surface area (Å²) in [7, 11) is 0. The Morgan fingerprint density at radius 1 is 1.11 bits per heavy atom. The van der Waals surface area contributed by atoms with E-state index in [0.717, 1.165) is 64.4 Å². The SMILES string of the molecule is CCn1c(-c2cnc(C)nc2)nc2c(-c3ccc4c(c3)C3(CCCN3C(C)C)C(=O)N4)ncnc21. The Morgan fingerprint density at radius 3 is 2.66 bits per heavy atom. The van der Waals surface area contributed by atoms with Crippen LogP contribution in [0.5, 0.6) is 0 Å². The molecule has 0 bridgehead atoms. The lowest BCUT2D eigenvalue weighted by Gasteiger charge is -2.36. The van der Waals surface area contributed by atoms with E-state index in [2.05, 4.69) is 61.6 Å². The number of imidazole rings is 1. The second kappa shape index (κ2) is 7.91. The van der Waals surface area contributed by atoms with Gasteiger partial charge in [0.25, 0.3) is 0 Å². The Bertz CT molecular complexity index is 1460. The van der Waals surface area contributed by atoms with Crippen molar-refractivity contribution in [2.24, 2.45) is 0 Å². The van der Waals surface area contributed by atoms with Gasteiger partial charge in [0.1, 0.15) is 34.7 Å². The number of amides is 1. The molecule has 1 atom stereocenters. The lowest BCUT2D eigenvalue weighted by molar-refractivity contribution is -0.127. The number of nitrogens with one attached hydrogen (secondary N) is 1. The zero-order valence-electron chi connectivity index (χ0n) is 20.4. The summed E-state index contributed by atoms with van der Waals surface area (Å²) in [5.74, 6) is 1.55. The largest absolute Gasteiger partial charge is 0.324 e. The molecule has 2 aliphatic rings. The highest BCUT2D eigenvalue weighted by Crippen LogP contribution is 2.49. The van der Waals surface area contributed by atoms with Crippen LogP contribution < -0.4 is 5.32 Å². The second-order valence-electron chi connectivity index (χ2n) is 9.56. The van der Waals surface area contributed by atoms with Crippen LogP contribution in [-0.2, 0) is 16.9 Å². The topological polar surface area (TPSA) is 102 Å². The van der Waals surface area contributed by atoms with Crippen LogP contribution in [0.3, 0.4) is 0 Å². The first-order chi connectivity index (χ1) is 16.9. The molecule has 1 aromatic carbocycles. The normalized spacial score (nSPS) is 19.7. The van der Waals surface area contributed by atoms with Gasteiger partial charge in [0, 0.05) is 41.8 Å². The predicted molar refractivity (Wildman–Crippen MR) is 134 cm³/mol. The van der Waals surface area contributed by atoms with Crippen LogP contribution >= 0.6 is 0 Å². The van der Waals surface area contributed by atoms with Crippen LogP contribution in [0.4, 0.5) is 5.69 Å². The smallest absolute Gasteiger partial charge is 0.249 e. The van der Waals surface area contributed by atoms with Crippen LogP contribution in [0.15, 0.2) is 36.9 Å². The number of benzene rings is 1. The molecule has 1 saturated heterocycles. The zero-order valence-corrected chi connectivity index (χ0v) is 20.4. The molecule has 1 spiro atoms. The number of carbonyl (C=O) groups is 1. The summed E-state index contributed by atoms with van der Waals surface area (Å²) >= 11 is 0. The molecule has 9 nitrogen and oxygen atoms in total. The highest BCUT2D eigenvalue weighted by molar-refractivity contribution is 6.07. The Kier molecular flexibility index (Phi) is 4.93. The van der Waals surface area contributed by atoms with Gasteiger partial charge < -0.3 is 9.88 Å². The van der Waals surface area contributed by atoms with Crippen molar-refractivity contribution in [2.75, 3.05) is 11.9 Å². The molecule has 6 rings (SSSR count). The van der Waals surface area contributed by atoms with Gasteiger partial charge in [0.2, 0.25) is 5.91 Å². The summed E-state index contributed by atoms with van der Waals surface area (Å²) in [6.07, 6.45) is 6.98. The molecular weight excluding hydrogens is 440 g/mol. The van der Waals surface area contributed by atoms with E-state index in [9.17, 15) is 4.79 Å². The van der Waals surface area contributed by atoms with Crippen molar-refractivity contribution >= 4 is 22.8 Å². The van der Waals surface area contributed by atoms with Gasteiger partial charge >= 0.3 is 0 Å². The van der Waals surface area contributed by atoms with Crippen molar-refractivity contribution in [1.82, 2.24) is 34.4 Å². The van der Waals surface area contributed by atoms with Gasteiger partial charge in [-0.25, -0.2) is 24.9 Å². The summed E-state index contributed by atoms with van der Waals surface area (Å²) in [6, 6.07) is 6.39. The molecule has 0 radical (unpaired) electrons. The predicted octanol–water partition coefficient (Wildman–Crippen LogP) is 3.93. The summed E-state index contributed by atoms with van der Waals surface area (Å²) < 4.78 is 2.06. The molecule has 2 aliphatic heterocycles. The summed E-state index contributed by atoms with van der Waals surface area (Å²) in [5.41, 5.74) is 5.29. The average molecular weight is 469 g/mol. The number of rotatable bonds is 4. The maximum absolute atomic E-state index is 13.3. The van der Waals surface area contributed by atoms with Crippen LogP contribution in [0.1, 0.15) is 45.0 Å². The van der Waals surface area contributed by atoms with Crippen LogP contribution in [0.2, 0.25) is 0 Å². The fraction of sp³-hybridized carbons (Fsp3) is 0.385. The van der Waals surface area contributed by atoms with E-state index in [-0.39, 0.29) is 11.9 Å². The molecule has 3 aromatic heterocycles. The number of nitrogens with zero attached hydrogens (tertiary/aromatic N) is 7. The number of carbonyl (C=O) groups excluding carboxylic acids is 1. The lowest BCUT2D eigenvalue weighted by Crippen LogP contribution is -2.49. The third-order valence-electron chi connectivity index (χ3n) is 7.30. The van der Waals surface area contributed by atoms with Gasteiger partial charge in [0.15, 0.2) is 5.65 Å². The van der Waals surface area contributed by atoms with Crippen LogP contribution in [0.25, 0.3) is 33.8 Å². The van der Waals surface area contributed by atoms with E-state index in [1.807, 2.05) is 19.1 Å². The van der Waals surface area contributed by atoms with E-state index in [4.69, 9.17) is 4.98 Å². The molecule has 0 aliphatic carbocycles. The molecule has 1 fully saturated rings. The number of hydrogen-bond acceptors (Lipinski definition) is 7. The van der Waals surface area contributed by atoms with E-state index < -0.39 is 5.54 Å². The third-order valence-corrected chi connectivity index (χ3v) is 7.30. The maximum atomic E-state index is 13.3. The van der Waals surface area contributed by atoms with Crippen LogP contribution in [-0.4, -0.2) is 52.9 Å².